The van der Waals surface area contributed by atoms with Crippen LogP contribution in [0.15, 0.2) is 36.4 Å². The Morgan fingerprint density at radius 2 is 1.67 bits per heavy atom. The van der Waals surface area contributed by atoms with Crippen molar-refractivity contribution in [3.63, 3.8) is 0 Å². The lowest BCUT2D eigenvalue weighted by molar-refractivity contribution is -0.136. The maximum absolute atomic E-state index is 10.6. The molecule has 0 aliphatic carbocycles. The lowest BCUT2D eigenvalue weighted by Gasteiger charge is -2.20. The fourth-order valence-corrected chi connectivity index (χ4v) is 3.04. The summed E-state index contributed by atoms with van der Waals surface area (Å²) in [7, 11) is 0. The number of aryl methyl sites for hydroxylation is 1. The summed E-state index contributed by atoms with van der Waals surface area (Å²) in [5, 5.41) is 17.5. The van der Waals surface area contributed by atoms with E-state index in [0.29, 0.717) is 6.42 Å². The number of hydrogen-bond donors (Lipinski definition) is 1. The molecule has 0 saturated carbocycles. The molecule has 2 heterocycles. The summed E-state index contributed by atoms with van der Waals surface area (Å²) in [6, 6.07) is 11.9. The highest BCUT2D eigenvalue weighted by atomic mass is 16.4. The van der Waals surface area contributed by atoms with Crippen LogP contribution in [-0.2, 0) is 11.2 Å². The van der Waals surface area contributed by atoms with Crippen molar-refractivity contribution < 1.29 is 9.90 Å². The number of anilines is 1. The summed E-state index contributed by atoms with van der Waals surface area (Å²) in [5.41, 5.74) is 2.87. The monoisotopic (exact) mass is 325 g/mol. The molecule has 0 unspecified atom stereocenters. The molecule has 1 aromatic heterocycles. The van der Waals surface area contributed by atoms with Crippen LogP contribution in [0.1, 0.15) is 37.7 Å². The number of hydrogen-bond acceptors (Lipinski definition) is 4. The molecule has 126 valence electrons. The van der Waals surface area contributed by atoms with Gasteiger partial charge in [-0.1, -0.05) is 37.1 Å². The van der Waals surface area contributed by atoms with Gasteiger partial charge in [0.2, 0.25) is 0 Å². The van der Waals surface area contributed by atoms with Crippen LogP contribution in [0.2, 0.25) is 0 Å². The van der Waals surface area contributed by atoms with Crippen molar-refractivity contribution in [1.29, 1.82) is 0 Å². The minimum Gasteiger partial charge on any atom is -0.481 e. The van der Waals surface area contributed by atoms with Crippen molar-refractivity contribution in [1.82, 2.24) is 10.2 Å². The largest absolute Gasteiger partial charge is 0.481 e. The fraction of sp³-hybridized carbons (Fsp3) is 0.421. The fourth-order valence-electron chi connectivity index (χ4n) is 3.04. The van der Waals surface area contributed by atoms with Gasteiger partial charge in [0.1, 0.15) is 0 Å². The van der Waals surface area contributed by atoms with Crippen LogP contribution in [0.5, 0.6) is 0 Å². The molecule has 1 saturated heterocycles. The Morgan fingerprint density at radius 1 is 0.958 bits per heavy atom. The van der Waals surface area contributed by atoms with Gasteiger partial charge in [-0.25, -0.2) is 0 Å². The first kappa shape index (κ1) is 16.4. The predicted octanol–water partition coefficient (Wildman–Crippen LogP) is 3.54. The maximum Gasteiger partial charge on any atom is 0.303 e. The van der Waals surface area contributed by atoms with Crippen molar-refractivity contribution in [2.45, 2.75) is 38.5 Å². The van der Waals surface area contributed by atoms with Crippen LogP contribution in [0.25, 0.3) is 11.3 Å². The van der Waals surface area contributed by atoms with E-state index in [4.69, 9.17) is 5.11 Å². The molecular formula is C19H23N3O2. The first-order chi connectivity index (χ1) is 11.7. The SMILES string of the molecule is O=C(O)CCc1ccc(-c2ccc(N3CCCCCC3)nn2)cc1. The van der Waals surface area contributed by atoms with Gasteiger partial charge in [0.05, 0.1) is 5.69 Å². The van der Waals surface area contributed by atoms with E-state index in [-0.39, 0.29) is 6.42 Å². The number of carboxylic acid groups (broad SMARTS) is 1. The quantitative estimate of drug-likeness (QED) is 0.911. The number of rotatable bonds is 5. The number of benzene rings is 1. The third-order valence-corrected chi connectivity index (χ3v) is 4.46. The standard InChI is InChI=1S/C19H23N3O2/c23-19(24)12-7-15-5-8-16(9-6-15)17-10-11-18(21-20-17)22-13-3-1-2-4-14-22/h5-6,8-11H,1-4,7,12-14H2,(H,23,24). The van der Waals surface area contributed by atoms with Gasteiger partial charge in [0, 0.05) is 25.1 Å². The highest BCUT2D eigenvalue weighted by molar-refractivity contribution is 5.67. The van der Waals surface area contributed by atoms with Crippen molar-refractivity contribution in [2.24, 2.45) is 0 Å². The second kappa shape index (κ2) is 7.90. The first-order valence-corrected chi connectivity index (χ1v) is 8.62. The molecule has 1 fully saturated rings. The average molecular weight is 325 g/mol. The van der Waals surface area contributed by atoms with E-state index in [2.05, 4.69) is 15.1 Å². The smallest absolute Gasteiger partial charge is 0.303 e. The molecule has 5 nitrogen and oxygen atoms in total. The van der Waals surface area contributed by atoms with Crippen LogP contribution in [0, 0.1) is 0 Å². The van der Waals surface area contributed by atoms with Crippen molar-refractivity contribution in [3.05, 3.63) is 42.0 Å². The van der Waals surface area contributed by atoms with Crippen LogP contribution < -0.4 is 4.90 Å². The third kappa shape index (κ3) is 4.31. The van der Waals surface area contributed by atoms with Crippen LogP contribution in [0.4, 0.5) is 5.82 Å². The molecule has 1 aliphatic rings. The van der Waals surface area contributed by atoms with Gasteiger partial charge in [0.15, 0.2) is 5.82 Å². The zero-order valence-electron chi connectivity index (χ0n) is 13.8. The van der Waals surface area contributed by atoms with Crippen LogP contribution in [-0.4, -0.2) is 34.4 Å². The number of carboxylic acids is 1. The van der Waals surface area contributed by atoms with Crippen molar-refractivity contribution in [3.8, 4) is 11.3 Å². The highest BCUT2D eigenvalue weighted by Gasteiger charge is 2.11. The van der Waals surface area contributed by atoms with Gasteiger partial charge < -0.3 is 10.0 Å². The van der Waals surface area contributed by atoms with E-state index >= 15 is 0 Å². The molecular weight excluding hydrogens is 302 g/mol. The van der Waals surface area contributed by atoms with E-state index in [9.17, 15) is 4.79 Å². The molecule has 0 bridgehead atoms. The second-order valence-electron chi connectivity index (χ2n) is 6.27. The van der Waals surface area contributed by atoms with E-state index in [1.165, 1.54) is 25.7 Å². The van der Waals surface area contributed by atoms with Gasteiger partial charge in [-0.15, -0.1) is 10.2 Å². The molecule has 0 spiro atoms. The zero-order valence-corrected chi connectivity index (χ0v) is 13.8. The number of aromatic nitrogens is 2. The Morgan fingerprint density at radius 3 is 2.25 bits per heavy atom. The Labute approximate surface area is 142 Å². The van der Waals surface area contributed by atoms with Gasteiger partial charge in [-0.3, -0.25) is 4.79 Å². The molecule has 1 aromatic carbocycles. The van der Waals surface area contributed by atoms with Gasteiger partial charge in [-0.2, -0.15) is 0 Å². The van der Waals surface area contributed by atoms with Crippen molar-refractivity contribution in [2.75, 3.05) is 18.0 Å². The van der Waals surface area contributed by atoms with Crippen LogP contribution in [0.3, 0.4) is 0 Å². The zero-order chi connectivity index (χ0) is 16.8. The maximum atomic E-state index is 10.6. The van der Waals surface area contributed by atoms with E-state index < -0.39 is 5.97 Å². The summed E-state index contributed by atoms with van der Waals surface area (Å²) in [5.74, 6) is 0.188. The average Bonchev–Trinajstić information content (AvgIpc) is 2.90. The lowest BCUT2D eigenvalue weighted by atomic mass is 10.1. The molecule has 0 amide bonds. The molecule has 24 heavy (non-hydrogen) atoms. The Kier molecular flexibility index (Phi) is 5.41. The van der Waals surface area contributed by atoms with E-state index in [1.807, 2.05) is 36.4 Å². The predicted molar refractivity (Wildman–Crippen MR) is 94.1 cm³/mol. The van der Waals surface area contributed by atoms with Gasteiger partial charge in [0.25, 0.3) is 0 Å². The second-order valence-corrected chi connectivity index (χ2v) is 6.27. The Balaban J connectivity index is 1.67. The molecule has 2 aromatic rings. The Hall–Kier alpha value is -2.43. The van der Waals surface area contributed by atoms with E-state index in [0.717, 1.165) is 35.7 Å². The minimum absolute atomic E-state index is 0.156. The third-order valence-electron chi connectivity index (χ3n) is 4.46. The summed E-state index contributed by atoms with van der Waals surface area (Å²) in [6.07, 6.45) is 5.76. The Bertz CT molecular complexity index is 660. The normalized spacial score (nSPS) is 15.1. The molecule has 0 atom stereocenters. The van der Waals surface area contributed by atoms with Crippen molar-refractivity contribution >= 4 is 11.8 Å². The number of aliphatic carboxylic acids is 1. The van der Waals surface area contributed by atoms with Gasteiger partial charge >= 0.3 is 5.97 Å². The molecule has 1 N–H and O–H groups in total. The summed E-state index contributed by atoms with van der Waals surface area (Å²) in [4.78, 5) is 12.9. The molecule has 3 rings (SSSR count). The first-order valence-electron chi connectivity index (χ1n) is 8.62. The molecule has 1 aliphatic heterocycles. The van der Waals surface area contributed by atoms with Gasteiger partial charge in [-0.05, 0) is 37.0 Å². The minimum atomic E-state index is -0.769. The lowest BCUT2D eigenvalue weighted by Crippen LogP contribution is -2.25. The van der Waals surface area contributed by atoms with E-state index in [1.54, 1.807) is 0 Å². The number of nitrogens with zero attached hydrogens (tertiary/aromatic N) is 3. The summed E-state index contributed by atoms with van der Waals surface area (Å²) >= 11 is 0. The highest BCUT2D eigenvalue weighted by Crippen LogP contribution is 2.21. The summed E-state index contributed by atoms with van der Waals surface area (Å²) in [6.45, 7) is 2.12. The molecule has 0 radical (unpaired) electrons. The van der Waals surface area contributed by atoms with Crippen LogP contribution >= 0.6 is 0 Å². The summed E-state index contributed by atoms with van der Waals surface area (Å²) < 4.78 is 0. The molecule has 5 heteroatoms. The number of carbonyl (C=O) groups is 1. The topological polar surface area (TPSA) is 66.3 Å².